The van der Waals surface area contributed by atoms with Crippen molar-refractivity contribution in [3.63, 3.8) is 0 Å². The zero-order valence-corrected chi connectivity index (χ0v) is 11.7. The van der Waals surface area contributed by atoms with Gasteiger partial charge in [0, 0.05) is 17.8 Å². The molecule has 0 aromatic rings. The van der Waals surface area contributed by atoms with Crippen LogP contribution in [0.4, 0.5) is 0 Å². The van der Waals surface area contributed by atoms with Gasteiger partial charge in [-0.1, -0.05) is 24.6 Å². The van der Waals surface area contributed by atoms with Crippen molar-refractivity contribution in [3.05, 3.63) is 34.9 Å². The lowest BCUT2D eigenvalue weighted by atomic mass is 9.61. The van der Waals surface area contributed by atoms with Crippen LogP contribution in [-0.2, 0) is 9.59 Å². The molecule has 3 rings (SSSR count). The monoisotopic (exact) mass is 278 g/mol. The van der Waals surface area contributed by atoms with E-state index in [0.29, 0.717) is 0 Å². The molecule has 104 valence electrons. The number of fused-ring (bicyclic) bond motifs is 3. The predicted molar refractivity (Wildman–Crippen MR) is 74.4 cm³/mol. The quantitative estimate of drug-likeness (QED) is 0.680. The molecule has 0 radical (unpaired) electrons. The van der Waals surface area contributed by atoms with Gasteiger partial charge in [-0.25, -0.2) is 0 Å². The maximum absolute atomic E-state index is 12.1. The summed E-state index contributed by atoms with van der Waals surface area (Å²) in [5, 5.41) is 18.1. The zero-order chi connectivity index (χ0) is 15.1. The molecule has 1 fully saturated rings. The molecule has 4 unspecified atom stereocenters. The van der Waals surface area contributed by atoms with Gasteiger partial charge in [0.05, 0.1) is 11.1 Å². The number of nitrogens with zero attached hydrogens (tertiary/aromatic N) is 2. The lowest BCUT2D eigenvalue weighted by Gasteiger charge is -2.42. The van der Waals surface area contributed by atoms with Gasteiger partial charge in [-0.05, 0) is 24.8 Å². The SMILES string of the molecule is CC1C(=O)C(C#N)=CC2C3=CC(=O)C(C#N)=CC3CCC12. The number of rotatable bonds is 0. The number of nitriles is 2. The molecule has 0 saturated heterocycles. The molecule has 0 aromatic heterocycles. The van der Waals surface area contributed by atoms with Crippen molar-refractivity contribution in [2.75, 3.05) is 0 Å². The average molecular weight is 278 g/mol. The topological polar surface area (TPSA) is 81.7 Å². The minimum Gasteiger partial charge on any atom is -0.293 e. The molecule has 1 saturated carbocycles. The molecular weight excluding hydrogens is 264 g/mol. The van der Waals surface area contributed by atoms with Crippen LogP contribution in [0.5, 0.6) is 0 Å². The molecule has 0 spiro atoms. The maximum atomic E-state index is 12.1. The fourth-order valence-corrected chi connectivity index (χ4v) is 3.77. The van der Waals surface area contributed by atoms with Crippen LogP contribution >= 0.6 is 0 Å². The van der Waals surface area contributed by atoms with E-state index in [2.05, 4.69) is 0 Å². The Morgan fingerprint density at radius 1 is 1.10 bits per heavy atom. The first-order valence-corrected chi connectivity index (χ1v) is 7.10. The van der Waals surface area contributed by atoms with E-state index in [1.54, 1.807) is 18.2 Å². The van der Waals surface area contributed by atoms with Crippen LogP contribution in [0.1, 0.15) is 19.8 Å². The molecule has 21 heavy (non-hydrogen) atoms. The molecule has 4 atom stereocenters. The Morgan fingerprint density at radius 3 is 2.48 bits per heavy atom. The summed E-state index contributed by atoms with van der Waals surface area (Å²) >= 11 is 0. The van der Waals surface area contributed by atoms with E-state index in [0.717, 1.165) is 18.4 Å². The highest BCUT2D eigenvalue weighted by atomic mass is 16.1. The molecule has 0 amide bonds. The average Bonchev–Trinajstić information content (AvgIpc) is 2.49. The molecule has 0 aromatic carbocycles. The molecule has 3 aliphatic rings. The van der Waals surface area contributed by atoms with Crippen molar-refractivity contribution in [1.82, 2.24) is 0 Å². The minimum absolute atomic E-state index is 0.0356. The van der Waals surface area contributed by atoms with Crippen LogP contribution < -0.4 is 0 Å². The van der Waals surface area contributed by atoms with Crippen molar-refractivity contribution in [1.29, 1.82) is 10.5 Å². The molecule has 0 aliphatic heterocycles. The van der Waals surface area contributed by atoms with Gasteiger partial charge in [0.1, 0.15) is 12.1 Å². The molecular formula is C17H14N2O2. The largest absolute Gasteiger partial charge is 0.293 e. The summed E-state index contributed by atoms with van der Waals surface area (Å²) in [6.07, 6.45) is 6.74. The molecule has 0 N–H and O–H groups in total. The van der Waals surface area contributed by atoms with E-state index < -0.39 is 0 Å². The number of ketones is 2. The molecule has 4 nitrogen and oxygen atoms in total. The first kappa shape index (κ1) is 13.5. The molecule has 4 heteroatoms. The van der Waals surface area contributed by atoms with Crippen LogP contribution in [0.25, 0.3) is 0 Å². The molecule has 3 aliphatic carbocycles. The van der Waals surface area contributed by atoms with Gasteiger partial charge in [0.15, 0.2) is 11.6 Å². The molecule has 0 bridgehead atoms. The summed E-state index contributed by atoms with van der Waals surface area (Å²) in [6.45, 7) is 1.87. The first-order chi connectivity index (χ1) is 10.1. The standard InChI is InChI=1S/C17H14N2O2/c1-9-13-3-2-10-4-11(7-18)16(20)6-14(10)15(13)5-12(8-19)17(9)21/h4-6,9-10,13,15H,2-3H2,1H3. The van der Waals surface area contributed by atoms with E-state index in [9.17, 15) is 9.59 Å². The highest BCUT2D eigenvalue weighted by Crippen LogP contribution is 2.48. The van der Waals surface area contributed by atoms with Crippen LogP contribution in [0.3, 0.4) is 0 Å². The summed E-state index contributed by atoms with van der Waals surface area (Å²) in [7, 11) is 0. The van der Waals surface area contributed by atoms with Crippen LogP contribution in [0.2, 0.25) is 0 Å². The summed E-state index contributed by atoms with van der Waals surface area (Å²) in [5.74, 6) is -0.342. The second-order valence-electron chi connectivity index (χ2n) is 5.92. The number of hydrogen-bond donors (Lipinski definition) is 0. The van der Waals surface area contributed by atoms with Gasteiger partial charge in [0.2, 0.25) is 0 Å². The number of Topliss-reactive ketones (excluding diaryl/α,β-unsaturated/α-hetero) is 1. The van der Waals surface area contributed by atoms with Gasteiger partial charge < -0.3 is 0 Å². The second kappa shape index (κ2) is 4.82. The Hall–Kier alpha value is -2.46. The third-order valence-electron chi connectivity index (χ3n) is 4.92. The van der Waals surface area contributed by atoms with Gasteiger partial charge in [-0.2, -0.15) is 10.5 Å². The fourth-order valence-electron chi connectivity index (χ4n) is 3.77. The highest BCUT2D eigenvalue weighted by molar-refractivity contribution is 6.08. The molecule has 0 heterocycles. The van der Waals surface area contributed by atoms with Gasteiger partial charge >= 0.3 is 0 Å². The van der Waals surface area contributed by atoms with Crippen molar-refractivity contribution < 1.29 is 9.59 Å². The Bertz CT molecular complexity index is 712. The van der Waals surface area contributed by atoms with Gasteiger partial charge in [-0.3, -0.25) is 9.59 Å². The Kier molecular flexibility index (Phi) is 3.11. The lowest BCUT2D eigenvalue weighted by Crippen LogP contribution is -2.38. The van der Waals surface area contributed by atoms with Gasteiger partial charge in [0.25, 0.3) is 0 Å². The Labute approximate surface area is 123 Å². The third kappa shape index (κ3) is 1.96. The number of hydrogen-bond acceptors (Lipinski definition) is 4. The Morgan fingerprint density at radius 2 is 1.81 bits per heavy atom. The summed E-state index contributed by atoms with van der Waals surface area (Å²) < 4.78 is 0. The van der Waals surface area contributed by atoms with E-state index >= 15 is 0 Å². The first-order valence-electron chi connectivity index (χ1n) is 7.10. The van der Waals surface area contributed by atoms with E-state index in [4.69, 9.17) is 10.5 Å². The smallest absolute Gasteiger partial charge is 0.196 e. The Balaban J connectivity index is 2.05. The third-order valence-corrected chi connectivity index (χ3v) is 4.92. The van der Waals surface area contributed by atoms with Crippen LogP contribution in [-0.4, -0.2) is 11.6 Å². The van der Waals surface area contributed by atoms with E-state index in [1.807, 2.05) is 19.1 Å². The summed E-state index contributed by atoms with van der Waals surface area (Å²) in [6, 6.07) is 3.92. The number of allylic oxidation sites excluding steroid dienone is 6. The van der Waals surface area contributed by atoms with Crippen molar-refractivity contribution >= 4 is 11.6 Å². The maximum Gasteiger partial charge on any atom is 0.196 e. The van der Waals surface area contributed by atoms with Gasteiger partial charge in [-0.15, -0.1) is 0 Å². The van der Waals surface area contributed by atoms with E-state index in [-0.39, 0.29) is 46.4 Å². The number of carbonyl (C=O) groups excluding carboxylic acids is 2. The second-order valence-corrected chi connectivity index (χ2v) is 5.92. The normalized spacial score (nSPS) is 34.5. The summed E-state index contributed by atoms with van der Waals surface area (Å²) in [5.41, 5.74) is 1.36. The van der Waals surface area contributed by atoms with Crippen LogP contribution in [0, 0.1) is 46.3 Å². The number of carbonyl (C=O) groups is 2. The van der Waals surface area contributed by atoms with E-state index in [1.165, 1.54) is 0 Å². The van der Waals surface area contributed by atoms with Crippen molar-refractivity contribution in [2.24, 2.45) is 23.7 Å². The van der Waals surface area contributed by atoms with Crippen LogP contribution in [0.15, 0.2) is 34.9 Å². The predicted octanol–water partition coefficient (Wildman–Crippen LogP) is 2.26. The lowest BCUT2D eigenvalue weighted by molar-refractivity contribution is -0.121. The zero-order valence-electron chi connectivity index (χ0n) is 11.7. The summed E-state index contributed by atoms with van der Waals surface area (Å²) in [4.78, 5) is 24.0. The van der Waals surface area contributed by atoms with Crippen molar-refractivity contribution in [2.45, 2.75) is 19.8 Å². The highest BCUT2D eigenvalue weighted by Gasteiger charge is 2.43. The fraction of sp³-hybridized carbons (Fsp3) is 0.412. The van der Waals surface area contributed by atoms with Crippen molar-refractivity contribution in [3.8, 4) is 12.1 Å². The minimum atomic E-state index is -0.263.